The molecule has 6 nitrogen and oxygen atoms in total. The van der Waals surface area contributed by atoms with Gasteiger partial charge in [-0.3, -0.25) is 14.6 Å². The minimum atomic E-state index is -0.180. The van der Waals surface area contributed by atoms with E-state index < -0.39 is 0 Å². The Morgan fingerprint density at radius 2 is 2.24 bits per heavy atom. The predicted octanol–water partition coefficient (Wildman–Crippen LogP) is 1.54. The number of hydrogen-bond donors (Lipinski definition) is 1. The van der Waals surface area contributed by atoms with E-state index in [1.54, 1.807) is 29.3 Å². The molecule has 1 aliphatic heterocycles. The van der Waals surface area contributed by atoms with Gasteiger partial charge in [-0.2, -0.15) is 0 Å². The van der Waals surface area contributed by atoms with Gasteiger partial charge in [0.1, 0.15) is 11.4 Å². The number of imidazole rings is 1. The lowest BCUT2D eigenvalue weighted by Crippen LogP contribution is -2.42. The van der Waals surface area contributed by atoms with E-state index in [0.29, 0.717) is 24.5 Å². The van der Waals surface area contributed by atoms with Gasteiger partial charge in [-0.05, 0) is 25.0 Å². The zero-order valence-corrected chi connectivity index (χ0v) is 11.5. The molecule has 3 heterocycles. The molecule has 2 aromatic rings. The van der Waals surface area contributed by atoms with Crippen LogP contribution in [0.1, 0.15) is 33.8 Å². The van der Waals surface area contributed by atoms with Crippen LogP contribution < -0.4 is 0 Å². The molecule has 1 fully saturated rings. The van der Waals surface area contributed by atoms with E-state index in [1.165, 1.54) is 12.5 Å². The smallest absolute Gasteiger partial charge is 0.271 e. The number of piperidine rings is 1. The lowest BCUT2D eigenvalue weighted by atomic mass is 9.92. The summed E-state index contributed by atoms with van der Waals surface area (Å²) in [5.74, 6) is -0.274. The summed E-state index contributed by atoms with van der Waals surface area (Å²) in [6.45, 7) is 1.11. The van der Waals surface area contributed by atoms with Gasteiger partial charge in [0.2, 0.25) is 0 Å². The molecule has 3 rings (SSSR count). The molecule has 21 heavy (non-hydrogen) atoms. The summed E-state index contributed by atoms with van der Waals surface area (Å²) in [6, 6.07) is 5.31. The lowest BCUT2D eigenvalue weighted by molar-refractivity contribution is 0.0631. The Bertz CT molecular complexity index is 624. The van der Waals surface area contributed by atoms with Gasteiger partial charge in [-0.1, -0.05) is 6.07 Å². The summed E-state index contributed by atoms with van der Waals surface area (Å²) in [6.07, 6.45) is 6.22. The molecular weight excluding hydrogens is 268 g/mol. The fourth-order valence-electron chi connectivity index (χ4n) is 2.64. The minimum absolute atomic E-state index is 0.0118. The highest BCUT2D eigenvalue weighted by Crippen LogP contribution is 2.21. The van der Waals surface area contributed by atoms with Gasteiger partial charge in [0.25, 0.3) is 5.91 Å². The van der Waals surface area contributed by atoms with Gasteiger partial charge in [0.15, 0.2) is 5.78 Å². The van der Waals surface area contributed by atoms with Crippen molar-refractivity contribution in [3.05, 3.63) is 48.3 Å². The van der Waals surface area contributed by atoms with Crippen molar-refractivity contribution >= 4 is 11.7 Å². The third kappa shape index (κ3) is 2.84. The third-order valence-electron chi connectivity index (χ3n) is 3.73. The molecular formula is C15H16N4O2. The third-order valence-corrected chi connectivity index (χ3v) is 3.73. The van der Waals surface area contributed by atoms with Crippen molar-refractivity contribution in [2.75, 3.05) is 13.1 Å². The molecule has 1 saturated heterocycles. The Morgan fingerprint density at radius 1 is 1.33 bits per heavy atom. The Balaban J connectivity index is 1.71. The highest BCUT2D eigenvalue weighted by atomic mass is 16.2. The van der Waals surface area contributed by atoms with Crippen LogP contribution in [0.2, 0.25) is 0 Å². The first kappa shape index (κ1) is 13.5. The van der Waals surface area contributed by atoms with Crippen LogP contribution in [0.25, 0.3) is 0 Å². The average molecular weight is 284 g/mol. The molecule has 1 N–H and O–H groups in total. The van der Waals surface area contributed by atoms with Crippen molar-refractivity contribution in [1.82, 2.24) is 19.9 Å². The van der Waals surface area contributed by atoms with Crippen molar-refractivity contribution in [3.63, 3.8) is 0 Å². The molecule has 1 aliphatic rings. The number of pyridine rings is 1. The summed E-state index contributed by atoms with van der Waals surface area (Å²) in [5.41, 5.74) is 0.930. The molecule has 0 aliphatic carbocycles. The van der Waals surface area contributed by atoms with Gasteiger partial charge < -0.3 is 9.88 Å². The van der Waals surface area contributed by atoms with Crippen molar-refractivity contribution in [3.8, 4) is 0 Å². The number of amides is 1. The topological polar surface area (TPSA) is 79.0 Å². The molecule has 1 atom stereocenters. The number of nitrogens with zero attached hydrogens (tertiary/aromatic N) is 3. The van der Waals surface area contributed by atoms with Crippen LogP contribution in [-0.2, 0) is 0 Å². The van der Waals surface area contributed by atoms with Crippen LogP contribution in [0.4, 0.5) is 0 Å². The molecule has 108 valence electrons. The second kappa shape index (κ2) is 5.87. The van der Waals surface area contributed by atoms with Gasteiger partial charge in [-0.25, -0.2) is 4.98 Å². The number of carbonyl (C=O) groups excluding carboxylic acids is 2. The van der Waals surface area contributed by atoms with E-state index in [2.05, 4.69) is 15.0 Å². The maximum Gasteiger partial charge on any atom is 0.271 e. The highest BCUT2D eigenvalue weighted by Gasteiger charge is 2.30. The normalized spacial score (nSPS) is 18.5. The summed E-state index contributed by atoms with van der Waals surface area (Å²) >= 11 is 0. The van der Waals surface area contributed by atoms with E-state index in [1.807, 2.05) is 0 Å². The molecule has 0 radical (unpaired) electrons. The van der Waals surface area contributed by atoms with Gasteiger partial charge in [-0.15, -0.1) is 0 Å². The summed E-state index contributed by atoms with van der Waals surface area (Å²) in [7, 11) is 0. The SMILES string of the molecule is O=C(c1ccccn1)[C@H]1CCCN(C(=O)c2cnc[nH]2)C1. The van der Waals surface area contributed by atoms with Crippen LogP contribution in [0, 0.1) is 5.92 Å². The van der Waals surface area contributed by atoms with Crippen molar-refractivity contribution < 1.29 is 9.59 Å². The summed E-state index contributed by atoms with van der Waals surface area (Å²) in [5, 5.41) is 0. The molecule has 2 aromatic heterocycles. The number of ketones is 1. The van der Waals surface area contributed by atoms with Gasteiger partial charge >= 0.3 is 0 Å². The second-order valence-electron chi connectivity index (χ2n) is 5.13. The standard InChI is InChI=1S/C15H16N4O2/c20-14(12-5-1-2-6-17-12)11-4-3-7-19(9-11)15(21)13-8-16-10-18-13/h1-2,5-6,8,10-11H,3-4,7,9H2,(H,16,18)/t11-/m0/s1. The molecule has 1 amide bonds. The van der Waals surface area contributed by atoms with Gasteiger partial charge in [0, 0.05) is 25.2 Å². The Labute approximate surface area is 122 Å². The fourth-order valence-corrected chi connectivity index (χ4v) is 2.64. The second-order valence-corrected chi connectivity index (χ2v) is 5.13. The van der Waals surface area contributed by atoms with E-state index >= 15 is 0 Å². The first-order chi connectivity index (χ1) is 10.3. The number of aromatic amines is 1. The van der Waals surface area contributed by atoms with Crippen LogP contribution >= 0.6 is 0 Å². The molecule has 0 bridgehead atoms. The van der Waals surface area contributed by atoms with E-state index in [-0.39, 0.29) is 17.6 Å². The first-order valence-corrected chi connectivity index (χ1v) is 6.98. The highest BCUT2D eigenvalue weighted by molar-refractivity contribution is 5.97. The maximum absolute atomic E-state index is 12.4. The number of H-pyrrole nitrogens is 1. The zero-order chi connectivity index (χ0) is 14.7. The average Bonchev–Trinajstić information content (AvgIpc) is 3.09. The lowest BCUT2D eigenvalue weighted by Gasteiger charge is -2.31. The van der Waals surface area contributed by atoms with Crippen molar-refractivity contribution in [2.45, 2.75) is 12.8 Å². The van der Waals surface area contributed by atoms with Crippen molar-refractivity contribution in [1.29, 1.82) is 0 Å². The number of aromatic nitrogens is 3. The summed E-state index contributed by atoms with van der Waals surface area (Å²) in [4.78, 5) is 37.2. The van der Waals surface area contributed by atoms with E-state index in [0.717, 1.165) is 12.8 Å². The van der Waals surface area contributed by atoms with E-state index in [4.69, 9.17) is 0 Å². The van der Waals surface area contributed by atoms with Crippen LogP contribution in [-0.4, -0.2) is 44.6 Å². The minimum Gasteiger partial charge on any atom is -0.341 e. The molecule has 0 aromatic carbocycles. The first-order valence-electron chi connectivity index (χ1n) is 6.98. The van der Waals surface area contributed by atoms with E-state index in [9.17, 15) is 9.59 Å². The van der Waals surface area contributed by atoms with Crippen LogP contribution in [0.3, 0.4) is 0 Å². The van der Waals surface area contributed by atoms with Crippen molar-refractivity contribution in [2.24, 2.45) is 5.92 Å². The number of rotatable bonds is 3. The molecule has 0 saturated carbocycles. The Morgan fingerprint density at radius 3 is 2.95 bits per heavy atom. The number of nitrogens with one attached hydrogen (secondary N) is 1. The fraction of sp³-hybridized carbons (Fsp3) is 0.333. The summed E-state index contributed by atoms with van der Waals surface area (Å²) < 4.78 is 0. The van der Waals surface area contributed by atoms with Gasteiger partial charge in [0.05, 0.1) is 12.5 Å². The molecule has 6 heteroatoms. The maximum atomic E-state index is 12.4. The van der Waals surface area contributed by atoms with Crippen LogP contribution in [0.15, 0.2) is 36.9 Å². The number of carbonyl (C=O) groups is 2. The molecule has 0 spiro atoms. The quantitative estimate of drug-likeness (QED) is 0.867. The van der Waals surface area contributed by atoms with Crippen LogP contribution in [0.5, 0.6) is 0 Å². The molecule has 0 unspecified atom stereocenters. The largest absolute Gasteiger partial charge is 0.341 e. The predicted molar refractivity (Wildman–Crippen MR) is 75.8 cm³/mol. The monoisotopic (exact) mass is 284 g/mol. The number of Topliss-reactive ketones (excluding diaryl/α,β-unsaturated/α-hetero) is 1. The Kier molecular flexibility index (Phi) is 3.77. The zero-order valence-electron chi connectivity index (χ0n) is 11.5. The number of hydrogen-bond acceptors (Lipinski definition) is 4. The Hall–Kier alpha value is -2.50. The number of likely N-dealkylation sites (tertiary alicyclic amines) is 1.